The Morgan fingerprint density at radius 2 is 0.490 bits per heavy atom. The number of aliphatic hydroxyl groups is 1. The van der Waals surface area contributed by atoms with Crippen molar-refractivity contribution in [2.24, 2.45) is 0 Å². The third-order valence-electron chi connectivity index (χ3n) is 17.1. The van der Waals surface area contributed by atoms with Crippen molar-refractivity contribution in [1.82, 2.24) is 0 Å². The number of allylic oxidation sites excluding steroid dienone is 12. The van der Waals surface area contributed by atoms with Crippen LogP contribution in [0.2, 0.25) is 0 Å². The maximum Gasteiger partial charge on any atom is 0.472 e. The van der Waals surface area contributed by atoms with Crippen LogP contribution in [0, 0.1) is 0 Å². The van der Waals surface area contributed by atoms with Gasteiger partial charge in [0, 0.05) is 25.7 Å². The summed E-state index contributed by atoms with van der Waals surface area (Å²) >= 11 is 0. The highest BCUT2D eigenvalue weighted by atomic mass is 31.2. The lowest BCUT2D eigenvalue weighted by Crippen LogP contribution is -2.30. The Morgan fingerprint density at radius 1 is 0.280 bits per heavy atom. The summed E-state index contributed by atoms with van der Waals surface area (Å²) in [5, 5.41) is 10.6. The maximum atomic E-state index is 13.1. The van der Waals surface area contributed by atoms with E-state index in [4.69, 9.17) is 37.0 Å². The molecule has 5 atom stereocenters. The van der Waals surface area contributed by atoms with Crippen LogP contribution in [-0.2, 0) is 65.4 Å². The zero-order valence-corrected chi connectivity index (χ0v) is 65.4. The second-order valence-corrected chi connectivity index (χ2v) is 29.9. The van der Waals surface area contributed by atoms with Gasteiger partial charge in [-0.05, 0) is 141 Å². The lowest BCUT2D eigenvalue weighted by molar-refractivity contribution is -0.161. The summed E-state index contributed by atoms with van der Waals surface area (Å²) in [5.41, 5.74) is 0. The number of phosphoric ester groups is 2. The topological polar surface area (TPSA) is 237 Å². The number of carbonyl (C=O) groups excluding carboxylic acids is 4. The molecule has 3 N–H and O–H groups in total. The van der Waals surface area contributed by atoms with Gasteiger partial charge < -0.3 is 33.8 Å². The Hall–Kier alpha value is -3.50. The van der Waals surface area contributed by atoms with Gasteiger partial charge in [-0.15, -0.1) is 0 Å². The predicted octanol–water partition coefficient (Wildman–Crippen LogP) is 23.2. The molecule has 100 heavy (non-hydrogen) atoms. The quantitative estimate of drug-likeness (QED) is 0.0169. The Labute approximate surface area is 609 Å². The minimum absolute atomic E-state index is 0.0781. The summed E-state index contributed by atoms with van der Waals surface area (Å²) in [7, 11) is -9.95. The van der Waals surface area contributed by atoms with Crippen molar-refractivity contribution < 1.29 is 80.2 Å². The van der Waals surface area contributed by atoms with Crippen molar-refractivity contribution >= 4 is 39.5 Å². The van der Waals surface area contributed by atoms with Gasteiger partial charge in [-0.3, -0.25) is 37.3 Å². The molecule has 0 saturated carbocycles. The predicted molar refractivity (Wildman–Crippen MR) is 409 cm³/mol. The van der Waals surface area contributed by atoms with Gasteiger partial charge in [0.2, 0.25) is 0 Å². The normalized spacial score (nSPS) is 14.3. The van der Waals surface area contributed by atoms with Crippen LogP contribution in [0.4, 0.5) is 0 Å². The van der Waals surface area contributed by atoms with Crippen molar-refractivity contribution in [3.05, 3.63) is 72.9 Å². The monoisotopic (exact) mass is 1450 g/mol. The molecule has 19 heteroatoms. The van der Waals surface area contributed by atoms with Crippen LogP contribution < -0.4 is 0 Å². The van der Waals surface area contributed by atoms with Crippen LogP contribution in [0.1, 0.15) is 362 Å². The maximum absolute atomic E-state index is 13.1. The SMILES string of the molecule is CCCCCC=CCC=CCCCCCCCC(=O)OCC(COP(=O)(O)OCC(O)COP(=O)(O)OCC(COC(=O)CCCCCCCC=CCCCCCCCC)OC(=O)CCCCCCCCCC=CCCCCCC)OC(=O)CCCCCCCC=CCC=CCCCCC. The number of carbonyl (C=O) groups is 4. The number of unbranched alkanes of at least 4 members (excludes halogenated alkanes) is 38. The van der Waals surface area contributed by atoms with E-state index in [1.165, 1.54) is 103 Å². The molecule has 0 aliphatic carbocycles. The Bertz CT molecular complexity index is 2180. The highest BCUT2D eigenvalue weighted by Crippen LogP contribution is 2.45. The summed E-state index contributed by atoms with van der Waals surface area (Å²) in [6.07, 6.45) is 74.4. The molecular weight excluding hydrogens is 1310 g/mol. The molecule has 0 fully saturated rings. The van der Waals surface area contributed by atoms with E-state index in [0.717, 1.165) is 180 Å². The van der Waals surface area contributed by atoms with Gasteiger partial charge in [-0.25, -0.2) is 9.13 Å². The van der Waals surface area contributed by atoms with Crippen LogP contribution in [0.5, 0.6) is 0 Å². The summed E-state index contributed by atoms with van der Waals surface area (Å²) in [5.74, 6) is -2.19. The summed E-state index contributed by atoms with van der Waals surface area (Å²) < 4.78 is 68.6. The van der Waals surface area contributed by atoms with E-state index in [-0.39, 0.29) is 25.7 Å². The molecular formula is C81H146O17P2. The molecule has 0 saturated heterocycles. The molecule has 0 amide bonds. The smallest absolute Gasteiger partial charge is 0.462 e. The zero-order chi connectivity index (χ0) is 73.2. The van der Waals surface area contributed by atoms with E-state index in [1.54, 1.807) is 0 Å². The van der Waals surface area contributed by atoms with E-state index < -0.39 is 97.5 Å². The Balaban J connectivity index is 5.36. The van der Waals surface area contributed by atoms with Crippen LogP contribution in [-0.4, -0.2) is 96.7 Å². The average Bonchev–Trinajstić information content (AvgIpc) is 1.01. The first-order valence-corrected chi connectivity index (χ1v) is 43.2. The van der Waals surface area contributed by atoms with Crippen LogP contribution >= 0.6 is 15.6 Å². The lowest BCUT2D eigenvalue weighted by atomic mass is 10.1. The van der Waals surface area contributed by atoms with Gasteiger partial charge in [0.15, 0.2) is 12.2 Å². The molecule has 0 aromatic rings. The number of rotatable bonds is 76. The van der Waals surface area contributed by atoms with Gasteiger partial charge in [-0.2, -0.15) is 0 Å². The molecule has 0 aliphatic heterocycles. The minimum atomic E-state index is -4.98. The molecule has 17 nitrogen and oxygen atoms in total. The molecule has 0 spiro atoms. The highest BCUT2D eigenvalue weighted by molar-refractivity contribution is 7.47. The molecule has 0 aliphatic rings. The van der Waals surface area contributed by atoms with Gasteiger partial charge >= 0.3 is 39.5 Å². The first kappa shape index (κ1) is 96.5. The molecule has 582 valence electrons. The van der Waals surface area contributed by atoms with Crippen LogP contribution in [0.3, 0.4) is 0 Å². The first-order valence-electron chi connectivity index (χ1n) is 40.2. The summed E-state index contributed by atoms with van der Waals surface area (Å²) in [6.45, 7) is 4.82. The summed E-state index contributed by atoms with van der Waals surface area (Å²) in [6, 6.07) is 0. The third kappa shape index (κ3) is 72.8. The summed E-state index contributed by atoms with van der Waals surface area (Å²) in [4.78, 5) is 73.0. The average molecular weight is 1450 g/mol. The van der Waals surface area contributed by atoms with E-state index >= 15 is 0 Å². The number of phosphoric acid groups is 2. The number of aliphatic hydroxyl groups excluding tert-OH is 1. The largest absolute Gasteiger partial charge is 0.472 e. The van der Waals surface area contributed by atoms with Crippen molar-refractivity contribution in [3.8, 4) is 0 Å². The number of hydrogen-bond acceptors (Lipinski definition) is 15. The fourth-order valence-corrected chi connectivity index (χ4v) is 12.5. The highest BCUT2D eigenvalue weighted by Gasteiger charge is 2.30. The first-order chi connectivity index (χ1) is 48.7. The molecule has 0 radical (unpaired) electrons. The van der Waals surface area contributed by atoms with Crippen molar-refractivity contribution in [1.29, 1.82) is 0 Å². The molecule has 0 rings (SSSR count). The second-order valence-electron chi connectivity index (χ2n) is 27.0. The Kier molecular flexibility index (Phi) is 71.2. The van der Waals surface area contributed by atoms with Crippen molar-refractivity contribution in [2.75, 3.05) is 39.6 Å². The molecule has 0 bridgehead atoms. The molecule has 0 aromatic carbocycles. The van der Waals surface area contributed by atoms with Gasteiger partial charge in [0.1, 0.15) is 19.3 Å². The number of ether oxygens (including phenoxy) is 4. The molecule has 0 aromatic heterocycles. The zero-order valence-electron chi connectivity index (χ0n) is 63.6. The molecule has 5 unspecified atom stereocenters. The van der Waals surface area contributed by atoms with Crippen LogP contribution in [0.15, 0.2) is 72.9 Å². The van der Waals surface area contributed by atoms with Crippen molar-refractivity contribution in [2.45, 2.75) is 380 Å². The van der Waals surface area contributed by atoms with E-state index in [2.05, 4.69) is 101 Å². The van der Waals surface area contributed by atoms with E-state index in [9.17, 15) is 43.2 Å². The second kappa shape index (κ2) is 73.8. The number of hydrogen-bond donors (Lipinski definition) is 3. The van der Waals surface area contributed by atoms with E-state index in [1.807, 2.05) is 0 Å². The van der Waals surface area contributed by atoms with Gasteiger partial charge in [-0.1, -0.05) is 268 Å². The van der Waals surface area contributed by atoms with Gasteiger partial charge in [0.25, 0.3) is 0 Å². The third-order valence-corrected chi connectivity index (χ3v) is 19.0. The Morgan fingerprint density at radius 3 is 0.780 bits per heavy atom. The van der Waals surface area contributed by atoms with Crippen molar-refractivity contribution in [3.63, 3.8) is 0 Å². The van der Waals surface area contributed by atoms with Gasteiger partial charge in [0.05, 0.1) is 26.4 Å². The lowest BCUT2D eigenvalue weighted by Gasteiger charge is -2.21. The van der Waals surface area contributed by atoms with E-state index in [0.29, 0.717) is 25.7 Å². The standard InChI is InChI=1S/C81H146O17P2/c1-5-9-13-17-21-25-29-33-37-41-45-49-53-57-61-65-78(83)91-71-76(97-80(85)67-63-59-55-51-47-43-39-35-31-27-23-19-15-11-7-3)73-95-99(87,88)93-69-75(82)70-94-100(89,90)96-74-77(98-81(86)68-64-60-56-52-48-44-40-36-32-28-24-20-16-12-8-4)72-92-79(84)66-62-58-54-50-46-42-38-34-30-26-22-18-14-10-6-2/h21,23,25,27-28,32-35,37-39,75-77,82H,5-20,22,24,26,29-31,36,40-74H2,1-4H3,(H,87,88)(H,89,90). The fraction of sp³-hybridized carbons (Fsp3) is 0.802. The fourth-order valence-electron chi connectivity index (χ4n) is 10.9. The number of esters is 4. The van der Waals surface area contributed by atoms with Crippen LogP contribution in [0.25, 0.3) is 0 Å². The molecule has 0 heterocycles. The minimum Gasteiger partial charge on any atom is -0.462 e.